The van der Waals surface area contributed by atoms with Gasteiger partial charge in [0.1, 0.15) is 12.7 Å². The van der Waals surface area contributed by atoms with Gasteiger partial charge in [0, 0.05) is 24.2 Å². The molecule has 1 aliphatic heterocycles. The molecule has 35 heavy (non-hydrogen) atoms. The summed E-state index contributed by atoms with van der Waals surface area (Å²) in [5, 5.41) is 3.42. The molecular formula is C28H52N6O. The highest BCUT2D eigenvalue weighted by atomic mass is 16.2. The molecule has 0 bridgehead atoms. The van der Waals surface area contributed by atoms with E-state index in [0.717, 1.165) is 38.6 Å². The minimum Gasteiger partial charge on any atom is -0.352 e. The van der Waals surface area contributed by atoms with Gasteiger partial charge in [-0.05, 0) is 53.5 Å². The molecule has 0 saturated carbocycles. The largest absolute Gasteiger partial charge is 0.352 e. The number of hydrogen-bond acceptors (Lipinski definition) is 6. The lowest BCUT2D eigenvalue weighted by Gasteiger charge is -2.61. The molecule has 1 aliphatic rings. The van der Waals surface area contributed by atoms with Gasteiger partial charge in [-0.25, -0.2) is 15.0 Å². The molecule has 1 fully saturated rings. The predicted molar refractivity (Wildman–Crippen MR) is 145 cm³/mol. The molecule has 0 radical (unpaired) electrons. The number of unbranched alkanes of at least 4 members (excludes halogenated alkanes) is 6. The molecule has 1 saturated heterocycles. The fourth-order valence-electron chi connectivity index (χ4n) is 5.91. The van der Waals surface area contributed by atoms with E-state index in [4.69, 9.17) is 0 Å². The Kier molecular flexibility index (Phi) is 11.9. The van der Waals surface area contributed by atoms with Crippen LogP contribution < -0.4 is 5.32 Å². The molecule has 2 heterocycles. The topological polar surface area (TPSA) is 74.2 Å². The molecule has 1 amide bonds. The molecule has 2 atom stereocenters. The molecule has 7 nitrogen and oxygen atoms in total. The second kappa shape index (κ2) is 14.1. The monoisotopic (exact) mass is 488 g/mol. The standard InChI is InChI=1S/C28H52N6O/c1-8-11-14-17-23(20-30-26-31-21-29-22-32-26)34-24(18-15-12-9-2)27(4,5)33(19-16-13-10-3)28(6,7)25(34)35/h21-24H,8-20H2,1-7H3,(H,29,30,31,32). The number of nitrogens with one attached hydrogen (secondary N) is 1. The minimum absolute atomic E-state index is 0.102. The molecule has 7 heteroatoms. The maximum absolute atomic E-state index is 14.3. The number of nitrogens with zero attached hydrogens (tertiary/aromatic N) is 5. The van der Waals surface area contributed by atoms with Gasteiger partial charge in [0.15, 0.2) is 0 Å². The lowest BCUT2D eigenvalue weighted by atomic mass is 9.77. The minimum atomic E-state index is -0.533. The van der Waals surface area contributed by atoms with Gasteiger partial charge in [-0.1, -0.05) is 72.1 Å². The molecule has 2 rings (SSSR count). The molecule has 2 unspecified atom stereocenters. The third-order valence-electron chi connectivity index (χ3n) is 7.87. The zero-order valence-corrected chi connectivity index (χ0v) is 23.6. The van der Waals surface area contributed by atoms with Gasteiger partial charge in [0.25, 0.3) is 0 Å². The van der Waals surface area contributed by atoms with E-state index in [1.54, 1.807) is 0 Å². The first-order valence-electron chi connectivity index (χ1n) is 14.2. The van der Waals surface area contributed by atoms with Crippen molar-refractivity contribution in [3.8, 4) is 0 Å². The van der Waals surface area contributed by atoms with E-state index in [-0.39, 0.29) is 23.5 Å². The van der Waals surface area contributed by atoms with E-state index in [0.29, 0.717) is 12.5 Å². The number of carbonyl (C=O) groups is 1. The van der Waals surface area contributed by atoms with Crippen molar-refractivity contribution in [1.82, 2.24) is 24.8 Å². The molecular weight excluding hydrogens is 436 g/mol. The fraction of sp³-hybridized carbons (Fsp3) is 0.857. The molecule has 1 N–H and O–H groups in total. The summed E-state index contributed by atoms with van der Waals surface area (Å²) < 4.78 is 0. The van der Waals surface area contributed by atoms with Crippen LogP contribution in [-0.2, 0) is 4.79 Å². The zero-order chi connectivity index (χ0) is 25.9. The van der Waals surface area contributed by atoms with Crippen molar-refractivity contribution in [3.05, 3.63) is 12.7 Å². The Labute approximate surface area is 214 Å². The number of amides is 1. The number of anilines is 1. The third-order valence-corrected chi connectivity index (χ3v) is 7.87. The second-order valence-corrected chi connectivity index (χ2v) is 11.3. The Balaban J connectivity index is 2.40. The lowest BCUT2D eigenvalue weighted by Crippen LogP contribution is -2.77. The van der Waals surface area contributed by atoms with Crippen LogP contribution in [-0.4, -0.2) is 66.9 Å². The van der Waals surface area contributed by atoms with Crippen LogP contribution in [0.3, 0.4) is 0 Å². The smallest absolute Gasteiger partial charge is 0.243 e. The second-order valence-electron chi connectivity index (χ2n) is 11.3. The van der Waals surface area contributed by atoms with Gasteiger partial charge in [-0.2, -0.15) is 0 Å². The Hall–Kier alpha value is -1.76. The van der Waals surface area contributed by atoms with Crippen LogP contribution in [0, 0.1) is 0 Å². The summed E-state index contributed by atoms with van der Waals surface area (Å²) in [5.74, 6) is 0.848. The van der Waals surface area contributed by atoms with Crippen LogP contribution >= 0.6 is 0 Å². The highest BCUT2D eigenvalue weighted by Gasteiger charge is 2.56. The highest BCUT2D eigenvalue weighted by molar-refractivity contribution is 5.87. The van der Waals surface area contributed by atoms with Crippen molar-refractivity contribution >= 4 is 11.9 Å². The van der Waals surface area contributed by atoms with Crippen LogP contribution in [0.4, 0.5) is 5.95 Å². The first-order chi connectivity index (χ1) is 16.7. The summed E-state index contributed by atoms with van der Waals surface area (Å²) >= 11 is 0. The summed E-state index contributed by atoms with van der Waals surface area (Å²) in [4.78, 5) is 31.6. The molecule has 0 aromatic carbocycles. The van der Waals surface area contributed by atoms with E-state index in [1.807, 2.05) is 0 Å². The number of aromatic nitrogens is 3. The van der Waals surface area contributed by atoms with Crippen molar-refractivity contribution in [2.45, 2.75) is 142 Å². The summed E-state index contributed by atoms with van der Waals surface area (Å²) in [6.45, 7) is 17.4. The summed E-state index contributed by atoms with van der Waals surface area (Å²) in [5.41, 5.74) is -0.635. The first-order valence-corrected chi connectivity index (χ1v) is 14.2. The van der Waals surface area contributed by atoms with Crippen LogP contribution in [0.1, 0.15) is 119 Å². The number of piperazine rings is 1. The van der Waals surface area contributed by atoms with Gasteiger partial charge >= 0.3 is 0 Å². The Morgan fingerprint density at radius 3 is 2.14 bits per heavy atom. The molecule has 1 aromatic heterocycles. The van der Waals surface area contributed by atoms with E-state index in [2.05, 4.69) is 78.5 Å². The lowest BCUT2D eigenvalue weighted by molar-refractivity contribution is -0.175. The van der Waals surface area contributed by atoms with Crippen molar-refractivity contribution in [2.24, 2.45) is 0 Å². The highest BCUT2D eigenvalue weighted by Crippen LogP contribution is 2.41. The number of rotatable bonds is 16. The number of hydrogen-bond donors (Lipinski definition) is 1. The van der Waals surface area contributed by atoms with Gasteiger partial charge < -0.3 is 10.2 Å². The normalized spacial score (nSPS) is 20.7. The maximum atomic E-state index is 14.3. The van der Waals surface area contributed by atoms with E-state index in [9.17, 15) is 4.79 Å². The van der Waals surface area contributed by atoms with Crippen molar-refractivity contribution in [1.29, 1.82) is 0 Å². The average Bonchev–Trinajstić information content (AvgIpc) is 2.83. The van der Waals surface area contributed by atoms with Crippen molar-refractivity contribution in [2.75, 3.05) is 18.4 Å². The fourth-order valence-corrected chi connectivity index (χ4v) is 5.91. The average molecular weight is 489 g/mol. The van der Waals surface area contributed by atoms with E-state index >= 15 is 0 Å². The zero-order valence-electron chi connectivity index (χ0n) is 23.6. The molecule has 200 valence electrons. The summed E-state index contributed by atoms with van der Waals surface area (Å²) in [6, 6.07) is 0.289. The summed E-state index contributed by atoms with van der Waals surface area (Å²) in [6.07, 6.45) is 15.6. The van der Waals surface area contributed by atoms with Crippen LogP contribution in [0.5, 0.6) is 0 Å². The van der Waals surface area contributed by atoms with Crippen LogP contribution in [0.15, 0.2) is 12.7 Å². The van der Waals surface area contributed by atoms with Gasteiger partial charge in [0.2, 0.25) is 11.9 Å². The Bertz CT molecular complexity index is 738. The maximum Gasteiger partial charge on any atom is 0.243 e. The molecule has 0 aliphatic carbocycles. The summed E-state index contributed by atoms with van der Waals surface area (Å²) in [7, 11) is 0. The van der Waals surface area contributed by atoms with Crippen molar-refractivity contribution in [3.63, 3.8) is 0 Å². The number of carbonyl (C=O) groups excluding carboxylic acids is 1. The Morgan fingerprint density at radius 1 is 0.914 bits per heavy atom. The Morgan fingerprint density at radius 2 is 1.51 bits per heavy atom. The SMILES string of the molecule is CCCCCC(CNc1ncncn1)N1C(=O)C(C)(C)N(CCCCC)C(C)(C)C1CCCCC. The van der Waals surface area contributed by atoms with Crippen LogP contribution in [0.25, 0.3) is 0 Å². The predicted octanol–water partition coefficient (Wildman–Crippen LogP) is 6.07. The third kappa shape index (κ3) is 7.61. The van der Waals surface area contributed by atoms with E-state index < -0.39 is 5.54 Å². The molecule has 0 spiro atoms. The quantitative estimate of drug-likeness (QED) is 0.285. The molecule has 1 aromatic rings. The van der Waals surface area contributed by atoms with Crippen molar-refractivity contribution < 1.29 is 4.79 Å². The van der Waals surface area contributed by atoms with Gasteiger partial charge in [-0.3, -0.25) is 9.69 Å². The van der Waals surface area contributed by atoms with Gasteiger partial charge in [-0.15, -0.1) is 0 Å². The van der Waals surface area contributed by atoms with E-state index in [1.165, 1.54) is 51.2 Å². The van der Waals surface area contributed by atoms with Crippen LogP contribution in [0.2, 0.25) is 0 Å². The first kappa shape index (κ1) is 29.5. The van der Waals surface area contributed by atoms with Gasteiger partial charge in [0.05, 0.1) is 5.54 Å².